The van der Waals surface area contributed by atoms with Gasteiger partial charge in [0.25, 0.3) is 0 Å². The van der Waals surface area contributed by atoms with Crippen LogP contribution in [0.4, 0.5) is 11.5 Å². The average Bonchev–Trinajstić information content (AvgIpc) is 2.93. The van der Waals surface area contributed by atoms with Gasteiger partial charge in [0.1, 0.15) is 5.82 Å². The van der Waals surface area contributed by atoms with E-state index in [-0.39, 0.29) is 0 Å². The molecule has 0 spiro atoms. The lowest BCUT2D eigenvalue weighted by atomic mass is 10.2. The molecule has 0 saturated heterocycles. The fraction of sp³-hybridized carbons (Fsp3) is 0.438. The molecule has 0 radical (unpaired) electrons. The zero-order valence-electron chi connectivity index (χ0n) is 12.8. The monoisotopic (exact) mass is 272 g/mol. The Morgan fingerprint density at radius 1 is 1.20 bits per heavy atom. The zero-order valence-corrected chi connectivity index (χ0v) is 12.8. The van der Waals surface area contributed by atoms with Gasteiger partial charge in [0.2, 0.25) is 0 Å². The number of nitrogens with one attached hydrogen (secondary N) is 1. The third kappa shape index (κ3) is 3.53. The summed E-state index contributed by atoms with van der Waals surface area (Å²) in [6, 6.07) is 11.0. The number of anilines is 2. The molecule has 1 N–H and O–H groups in total. The number of hydrogen-bond acceptors (Lipinski definition) is 3. The van der Waals surface area contributed by atoms with Crippen LogP contribution in [-0.2, 0) is 6.54 Å². The topological polar surface area (TPSA) is 33.1 Å². The van der Waals surface area contributed by atoms with E-state index in [0.717, 1.165) is 18.8 Å². The van der Waals surface area contributed by atoms with Crippen molar-refractivity contribution in [2.45, 2.75) is 32.9 Å². The van der Waals surface area contributed by atoms with Crippen LogP contribution in [-0.4, -0.2) is 23.9 Å². The van der Waals surface area contributed by atoms with Gasteiger partial charge in [-0.25, -0.2) is 0 Å². The van der Waals surface area contributed by atoms with Crippen molar-refractivity contribution >= 4 is 11.5 Å². The first-order chi connectivity index (χ1) is 9.60. The van der Waals surface area contributed by atoms with Gasteiger partial charge in [-0.05, 0) is 31.0 Å². The van der Waals surface area contributed by atoms with Crippen LogP contribution < -0.4 is 10.2 Å². The lowest BCUT2D eigenvalue weighted by Gasteiger charge is -2.13. The molecule has 4 heteroatoms. The predicted octanol–water partition coefficient (Wildman–Crippen LogP) is 3.53. The molecule has 0 aliphatic rings. The van der Waals surface area contributed by atoms with E-state index in [0.29, 0.717) is 6.04 Å². The van der Waals surface area contributed by atoms with E-state index in [4.69, 9.17) is 0 Å². The molecule has 0 bridgehead atoms. The van der Waals surface area contributed by atoms with Crippen LogP contribution in [0.15, 0.2) is 36.5 Å². The molecule has 1 atom stereocenters. The van der Waals surface area contributed by atoms with Crippen LogP contribution in [0.3, 0.4) is 0 Å². The Morgan fingerprint density at radius 3 is 2.50 bits per heavy atom. The summed E-state index contributed by atoms with van der Waals surface area (Å²) in [4.78, 5) is 2.10. The second-order valence-electron chi connectivity index (χ2n) is 5.35. The van der Waals surface area contributed by atoms with Gasteiger partial charge in [-0.1, -0.05) is 19.1 Å². The number of nitrogens with zero attached hydrogens (tertiary/aromatic N) is 3. The van der Waals surface area contributed by atoms with Crippen LogP contribution in [0.5, 0.6) is 0 Å². The summed E-state index contributed by atoms with van der Waals surface area (Å²) in [5.41, 5.74) is 2.48. The van der Waals surface area contributed by atoms with Gasteiger partial charge < -0.3 is 10.2 Å². The van der Waals surface area contributed by atoms with E-state index in [9.17, 15) is 0 Å². The van der Waals surface area contributed by atoms with Crippen molar-refractivity contribution in [2.24, 2.45) is 0 Å². The van der Waals surface area contributed by atoms with Gasteiger partial charge in [0, 0.05) is 44.6 Å². The summed E-state index contributed by atoms with van der Waals surface area (Å²) in [6.07, 6.45) is 3.12. The minimum absolute atomic E-state index is 0.449. The summed E-state index contributed by atoms with van der Waals surface area (Å²) >= 11 is 0. The zero-order chi connectivity index (χ0) is 14.5. The fourth-order valence-electron chi connectivity index (χ4n) is 1.97. The first kappa shape index (κ1) is 14.4. The molecule has 4 nitrogen and oxygen atoms in total. The van der Waals surface area contributed by atoms with E-state index in [1.807, 2.05) is 16.9 Å². The smallest absolute Gasteiger partial charge is 0.148 e. The molecule has 1 heterocycles. The van der Waals surface area contributed by atoms with Crippen LogP contribution in [0.25, 0.3) is 0 Å². The number of rotatable bonds is 6. The lowest BCUT2D eigenvalue weighted by molar-refractivity contribution is 0.479. The van der Waals surface area contributed by atoms with Crippen LogP contribution in [0.1, 0.15) is 31.9 Å². The maximum absolute atomic E-state index is 4.54. The number of hydrogen-bond donors (Lipinski definition) is 1. The van der Waals surface area contributed by atoms with Gasteiger partial charge in [-0.2, -0.15) is 5.10 Å². The highest BCUT2D eigenvalue weighted by molar-refractivity contribution is 5.46. The Kier molecular flexibility index (Phi) is 4.66. The molecular formula is C16H24N4. The molecule has 2 rings (SSSR count). The number of aromatic nitrogens is 2. The van der Waals surface area contributed by atoms with Crippen molar-refractivity contribution in [3.8, 4) is 0 Å². The third-order valence-electron chi connectivity index (χ3n) is 3.58. The lowest BCUT2D eigenvalue weighted by Crippen LogP contribution is -2.09. The maximum Gasteiger partial charge on any atom is 0.148 e. The minimum Gasteiger partial charge on any atom is -0.378 e. The Morgan fingerprint density at radius 2 is 1.90 bits per heavy atom. The summed E-state index contributed by atoms with van der Waals surface area (Å²) in [6.45, 7) is 5.15. The second-order valence-corrected chi connectivity index (χ2v) is 5.35. The molecule has 0 saturated carbocycles. The molecule has 0 aliphatic heterocycles. The molecule has 108 valence electrons. The highest BCUT2D eigenvalue weighted by Gasteiger charge is 2.04. The summed E-state index contributed by atoms with van der Waals surface area (Å²) in [5, 5.41) is 7.90. The standard InChI is InChI=1S/C16H24N4/c1-5-13(2)20-11-10-16(18-20)17-12-14-6-8-15(9-7-14)19(3)4/h6-11,13H,5,12H2,1-4H3,(H,17,18)/t13-/m1/s1. The van der Waals surface area contributed by atoms with Crippen molar-refractivity contribution in [3.05, 3.63) is 42.1 Å². The molecular weight excluding hydrogens is 248 g/mol. The van der Waals surface area contributed by atoms with E-state index >= 15 is 0 Å². The van der Waals surface area contributed by atoms with Gasteiger partial charge in [-0.15, -0.1) is 0 Å². The summed E-state index contributed by atoms with van der Waals surface area (Å²) in [5.74, 6) is 0.932. The quantitative estimate of drug-likeness (QED) is 0.873. The van der Waals surface area contributed by atoms with Gasteiger partial charge in [0.05, 0.1) is 0 Å². The molecule has 2 aromatic rings. The highest BCUT2D eigenvalue weighted by Crippen LogP contribution is 2.15. The SMILES string of the molecule is CC[C@@H](C)n1ccc(NCc2ccc(N(C)C)cc2)n1. The molecule has 1 aromatic heterocycles. The summed E-state index contributed by atoms with van der Waals surface area (Å²) < 4.78 is 2.01. The van der Waals surface area contributed by atoms with E-state index in [2.05, 4.69) is 67.5 Å². The molecule has 1 aromatic carbocycles. The Labute approximate surface area is 121 Å². The molecule has 0 fully saturated rings. The van der Waals surface area contributed by atoms with Crippen molar-refractivity contribution in [1.82, 2.24) is 9.78 Å². The van der Waals surface area contributed by atoms with E-state index in [1.165, 1.54) is 11.3 Å². The summed E-state index contributed by atoms with van der Waals surface area (Å²) in [7, 11) is 4.10. The van der Waals surface area contributed by atoms with E-state index in [1.54, 1.807) is 0 Å². The predicted molar refractivity (Wildman–Crippen MR) is 85.3 cm³/mol. The van der Waals surface area contributed by atoms with Gasteiger partial charge in [-0.3, -0.25) is 4.68 Å². The van der Waals surface area contributed by atoms with Crippen LogP contribution >= 0.6 is 0 Å². The van der Waals surface area contributed by atoms with Crippen LogP contribution in [0, 0.1) is 0 Å². The first-order valence-electron chi connectivity index (χ1n) is 7.15. The number of benzene rings is 1. The maximum atomic E-state index is 4.54. The first-order valence-corrected chi connectivity index (χ1v) is 7.15. The average molecular weight is 272 g/mol. The Hall–Kier alpha value is -1.97. The van der Waals surface area contributed by atoms with E-state index < -0.39 is 0 Å². The highest BCUT2D eigenvalue weighted by atomic mass is 15.3. The normalized spacial score (nSPS) is 12.2. The largest absolute Gasteiger partial charge is 0.378 e. The van der Waals surface area contributed by atoms with Crippen molar-refractivity contribution in [3.63, 3.8) is 0 Å². The van der Waals surface area contributed by atoms with Crippen LogP contribution in [0.2, 0.25) is 0 Å². The molecule has 0 amide bonds. The Balaban J connectivity index is 1.93. The minimum atomic E-state index is 0.449. The van der Waals surface area contributed by atoms with Gasteiger partial charge >= 0.3 is 0 Å². The molecule has 0 unspecified atom stereocenters. The Bertz CT molecular complexity index is 528. The second kappa shape index (κ2) is 6.46. The van der Waals surface area contributed by atoms with Gasteiger partial charge in [0.15, 0.2) is 0 Å². The third-order valence-corrected chi connectivity index (χ3v) is 3.58. The van der Waals surface area contributed by atoms with Crippen molar-refractivity contribution in [2.75, 3.05) is 24.3 Å². The molecule has 20 heavy (non-hydrogen) atoms. The van der Waals surface area contributed by atoms with Crippen molar-refractivity contribution < 1.29 is 0 Å². The fourth-order valence-corrected chi connectivity index (χ4v) is 1.97. The molecule has 0 aliphatic carbocycles. The van der Waals surface area contributed by atoms with Crippen molar-refractivity contribution in [1.29, 1.82) is 0 Å².